The average Bonchev–Trinajstić information content (AvgIpc) is 2.62. The molecule has 1 aromatic carbocycles. The number of hydrogen-bond acceptors (Lipinski definition) is 5. The summed E-state index contributed by atoms with van der Waals surface area (Å²) in [6.45, 7) is 6.19. The summed E-state index contributed by atoms with van der Waals surface area (Å²) in [4.78, 5) is 28.2. The number of esters is 1. The molecule has 1 N–H and O–H groups in total. The standard InChI is InChI=1S/C19H21ClN2O4/c1-12(2)11-25-16-7-4-14(5-8-16)19(24)26-13(3)18(23)22-17-9-6-15(20)10-21-17/h4-10,12-13H,11H2,1-3H3,(H,21,22,23)/t13-/m1/s1. The van der Waals surface area contributed by atoms with Crippen LogP contribution in [0.2, 0.25) is 5.02 Å². The predicted molar refractivity (Wildman–Crippen MR) is 99.5 cm³/mol. The number of pyridine rings is 1. The minimum Gasteiger partial charge on any atom is -0.493 e. The normalized spacial score (nSPS) is 11.7. The molecule has 1 amide bonds. The third-order valence-electron chi connectivity index (χ3n) is 3.31. The molecule has 0 unspecified atom stereocenters. The monoisotopic (exact) mass is 376 g/mol. The molecule has 7 heteroatoms. The molecular weight excluding hydrogens is 356 g/mol. The number of aromatic nitrogens is 1. The van der Waals surface area contributed by atoms with Crippen LogP contribution in [0.5, 0.6) is 5.75 Å². The van der Waals surface area contributed by atoms with Crippen LogP contribution in [0.25, 0.3) is 0 Å². The molecule has 138 valence electrons. The van der Waals surface area contributed by atoms with Crippen LogP contribution in [0.15, 0.2) is 42.6 Å². The van der Waals surface area contributed by atoms with E-state index >= 15 is 0 Å². The van der Waals surface area contributed by atoms with E-state index in [0.29, 0.717) is 34.7 Å². The molecule has 0 spiro atoms. The van der Waals surface area contributed by atoms with E-state index in [0.717, 1.165) is 0 Å². The van der Waals surface area contributed by atoms with Gasteiger partial charge in [0.25, 0.3) is 5.91 Å². The van der Waals surface area contributed by atoms with Gasteiger partial charge in [0.2, 0.25) is 0 Å². The van der Waals surface area contributed by atoms with Crippen LogP contribution < -0.4 is 10.1 Å². The number of halogens is 1. The Bertz CT molecular complexity index is 745. The molecule has 2 aromatic rings. The lowest BCUT2D eigenvalue weighted by Gasteiger charge is -2.13. The number of benzene rings is 1. The van der Waals surface area contributed by atoms with Crippen molar-refractivity contribution in [2.24, 2.45) is 5.92 Å². The Morgan fingerprint density at radius 1 is 1.12 bits per heavy atom. The van der Waals surface area contributed by atoms with E-state index in [1.165, 1.54) is 13.1 Å². The molecule has 0 aliphatic carbocycles. The Morgan fingerprint density at radius 3 is 2.38 bits per heavy atom. The molecule has 1 aromatic heterocycles. The lowest BCUT2D eigenvalue weighted by molar-refractivity contribution is -0.123. The van der Waals surface area contributed by atoms with E-state index in [1.807, 2.05) is 0 Å². The van der Waals surface area contributed by atoms with Crippen molar-refractivity contribution in [3.05, 3.63) is 53.2 Å². The third-order valence-corrected chi connectivity index (χ3v) is 3.53. The Morgan fingerprint density at radius 2 is 1.81 bits per heavy atom. The van der Waals surface area contributed by atoms with E-state index in [1.54, 1.807) is 36.4 Å². The van der Waals surface area contributed by atoms with Crippen LogP contribution in [-0.4, -0.2) is 29.6 Å². The maximum absolute atomic E-state index is 12.2. The van der Waals surface area contributed by atoms with E-state index in [4.69, 9.17) is 21.1 Å². The van der Waals surface area contributed by atoms with Gasteiger partial charge in [0.15, 0.2) is 6.10 Å². The van der Waals surface area contributed by atoms with Gasteiger partial charge in [0, 0.05) is 6.20 Å². The van der Waals surface area contributed by atoms with E-state index < -0.39 is 18.0 Å². The van der Waals surface area contributed by atoms with Gasteiger partial charge in [-0.15, -0.1) is 0 Å². The summed E-state index contributed by atoms with van der Waals surface area (Å²) in [6.07, 6.45) is 0.438. The van der Waals surface area contributed by atoms with Crippen LogP contribution in [0.3, 0.4) is 0 Å². The first-order valence-corrected chi connectivity index (χ1v) is 8.59. The van der Waals surface area contributed by atoms with Crippen molar-refractivity contribution in [2.75, 3.05) is 11.9 Å². The zero-order chi connectivity index (χ0) is 19.1. The highest BCUT2D eigenvalue weighted by atomic mass is 35.5. The highest BCUT2D eigenvalue weighted by molar-refractivity contribution is 6.30. The SMILES string of the molecule is CC(C)COc1ccc(C(=O)O[C@H](C)C(=O)Nc2ccc(Cl)cn2)cc1. The van der Waals surface area contributed by atoms with Crippen molar-refractivity contribution in [2.45, 2.75) is 26.9 Å². The zero-order valence-corrected chi connectivity index (χ0v) is 15.6. The van der Waals surface area contributed by atoms with Gasteiger partial charge in [0.05, 0.1) is 17.2 Å². The van der Waals surface area contributed by atoms with Crippen molar-refractivity contribution >= 4 is 29.3 Å². The van der Waals surface area contributed by atoms with Gasteiger partial charge in [0.1, 0.15) is 11.6 Å². The summed E-state index contributed by atoms with van der Waals surface area (Å²) in [7, 11) is 0. The van der Waals surface area contributed by atoms with Crippen molar-refractivity contribution in [3.63, 3.8) is 0 Å². The molecule has 0 radical (unpaired) electrons. The highest BCUT2D eigenvalue weighted by Gasteiger charge is 2.19. The Kier molecular flexibility index (Phi) is 6.97. The summed E-state index contributed by atoms with van der Waals surface area (Å²) >= 11 is 5.74. The summed E-state index contributed by atoms with van der Waals surface area (Å²) in [5, 5.41) is 3.02. The number of carbonyl (C=O) groups excluding carboxylic acids is 2. The summed E-state index contributed by atoms with van der Waals surface area (Å²) in [6, 6.07) is 9.75. The predicted octanol–water partition coefficient (Wildman–Crippen LogP) is 3.95. The quantitative estimate of drug-likeness (QED) is 0.740. The number of nitrogens with zero attached hydrogens (tertiary/aromatic N) is 1. The third kappa shape index (κ3) is 6.04. The van der Waals surface area contributed by atoms with Crippen LogP contribution in [0.4, 0.5) is 5.82 Å². The number of rotatable bonds is 7. The number of ether oxygens (including phenoxy) is 2. The zero-order valence-electron chi connectivity index (χ0n) is 14.9. The lowest BCUT2D eigenvalue weighted by Crippen LogP contribution is -2.30. The van der Waals surface area contributed by atoms with E-state index in [2.05, 4.69) is 24.1 Å². The van der Waals surface area contributed by atoms with Crippen molar-refractivity contribution < 1.29 is 19.1 Å². The number of anilines is 1. The van der Waals surface area contributed by atoms with Gasteiger partial charge >= 0.3 is 5.97 Å². The van der Waals surface area contributed by atoms with E-state index in [9.17, 15) is 9.59 Å². The molecule has 26 heavy (non-hydrogen) atoms. The molecule has 0 aliphatic heterocycles. The second-order valence-corrected chi connectivity index (χ2v) is 6.56. The maximum atomic E-state index is 12.2. The molecule has 0 bridgehead atoms. The molecule has 6 nitrogen and oxygen atoms in total. The smallest absolute Gasteiger partial charge is 0.338 e. The first-order chi connectivity index (χ1) is 12.3. The van der Waals surface area contributed by atoms with Crippen molar-refractivity contribution in [1.82, 2.24) is 4.98 Å². The van der Waals surface area contributed by atoms with E-state index in [-0.39, 0.29) is 0 Å². The first kappa shape index (κ1) is 19.7. The minimum absolute atomic E-state index is 0.328. The minimum atomic E-state index is -0.975. The molecular formula is C19H21ClN2O4. The molecule has 2 rings (SSSR count). The lowest BCUT2D eigenvalue weighted by atomic mass is 10.2. The highest BCUT2D eigenvalue weighted by Crippen LogP contribution is 2.15. The van der Waals surface area contributed by atoms with Crippen molar-refractivity contribution in [1.29, 1.82) is 0 Å². The largest absolute Gasteiger partial charge is 0.493 e. The first-order valence-electron chi connectivity index (χ1n) is 8.21. The van der Waals surface area contributed by atoms with Crippen LogP contribution in [0, 0.1) is 5.92 Å². The number of carbonyl (C=O) groups is 2. The second kappa shape index (κ2) is 9.20. The Hall–Kier alpha value is -2.60. The summed E-state index contributed by atoms with van der Waals surface area (Å²) in [5.74, 6) is 0.343. The number of hydrogen-bond donors (Lipinski definition) is 1. The van der Waals surface area contributed by atoms with Crippen LogP contribution >= 0.6 is 11.6 Å². The van der Waals surface area contributed by atoms with Gasteiger partial charge in [-0.2, -0.15) is 0 Å². The number of nitrogens with one attached hydrogen (secondary N) is 1. The number of amides is 1. The Balaban J connectivity index is 1.89. The van der Waals surface area contributed by atoms with Gasteiger partial charge < -0.3 is 14.8 Å². The van der Waals surface area contributed by atoms with Gasteiger partial charge in [-0.25, -0.2) is 9.78 Å². The van der Waals surface area contributed by atoms with Crippen molar-refractivity contribution in [3.8, 4) is 5.75 Å². The molecule has 0 saturated heterocycles. The second-order valence-electron chi connectivity index (χ2n) is 6.13. The van der Waals surface area contributed by atoms with Crippen LogP contribution in [-0.2, 0) is 9.53 Å². The summed E-state index contributed by atoms with van der Waals surface area (Å²) in [5.41, 5.74) is 0.339. The fraction of sp³-hybridized carbons (Fsp3) is 0.316. The fourth-order valence-corrected chi connectivity index (χ4v) is 2.02. The molecule has 1 atom stereocenters. The molecule has 0 saturated carbocycles. The fourth-order valence-electron chi connectivity index (χ4n) is 1.91. The summed E-state index contributed by atoms with van der Waals surface area (Å²) < 4.78 is 10.8. The van der Waals surface area contributed by atoms with Gasteiger partial charge in [-0.1, -0.05) is 25.4 Å². The topological polar surface area (TPSA) is 77.5 Å². The molecule has 0 fully saturated rings. The molecule has 1 heterocycles. The maximum Gasteiger partial charge on any atom is 0.338 e. The van der Waals surface area contributed by atoms with Gasteiger partial charge in [-0.05, 0) is 49.2 Å². The Labute approximate surface area is 157 Å². The van der Waals surface area contributed by atoms with Crippen LogP contribution in [0.1, 0.15) is 31.1 Å². The molecule has 0 aliphatic rings. The van der Waals surface area contributed by atoms with Gasteiger partial charge in [-0.3, -0.25) is 4.79 Å². The average molecular weight is 377 g/mol.